The Bertz CT molecular complexity index is 992. The number of urea groups is 1. The van der Waals surface area contributed by atoms with Gasteiger partial charge < -0.3 is 14.5 Å². The molecule has 1 spiro atoms. The number of rotatable bonds is 8. The van der Waals surface area contributed by atoms with Crippen LogP contribution in [0.15, 0.2) is 54.6 Å². The first-order valence-electron chi connectivity index (χ1n) is 13.4. The fourth-order valence-electron chi connectivity index (χ4n) is 6.68. The first-order chi connectivity index (χ1) is 17.0. The molecule has 0 atom stereocenters. The standard InChI is InChI=1S/C30H41N3O2/c1-31(2)30(26-10-5-4-6-11-26)19-17-29(18-20-30)23-32(22-25-12-14-27(35-3)15-13-25)28(34)33(29)21-16-24-8-7-9-24/h4-6,10-15,24H,7-9,16-23H2,1-3H3/t29-,30+. The maximum Gasteiger partial charge on any atom is 0.320 e. The normalized spacial score (nSPS) is 27.0. The van der Waals surface area contributed by atoms with E-state index in [0.717, 1.165) is 62.4 Å². The lowest BCUT2D eigenvalue weighted by Crippen LogP contribution is -2.55. The fourth-order valence-corrected chi connectivity index (χ4v) is 6.68. The van der Waals surface area contributed by atoms with Crippen molar-refractivity contribution in [1.29, 1.82) is 0 Å². The van der Waals surface area contributed by atoms with Crippen molar-refractivity contribution in [2.75, 3.05) is 34.3 Å². The molecule has 5 nitrogen and oxygen atoms in total. The Kier molecular flexibility index (Phi) is 6.80. The van der Waals surface area contributed by atoms with Crippen LogP contribution in [0, 0.1) is 5.92 Å². The largest absolute Gasteiger partial charge is 0.497 e. The number of carbonyl (C=O) groups is 1. The summed E-state index contributed by atoms with van der Waals surface area (Å²) in [4.78, 5) is 20.6. The summed E-state index contributed by atoms with van der Waals surface area (Å²) in [5.41, 5.74) is 2.55. The third-order valence-corrected chi connectivity index (χ3v) is 9.25. The molecule has 2 aromatic rings. The third kappa shape index (κ3) is 4.55. The number of hydrogen-bond donors (Lipinski definition) is 0. The predicted molar refractivity (Wildman–Crippen MR) is 140 cm³/mol. The summed E-state index contributed by atoms with van der Waals surface area (Å²) in [5, 5.41) is 0. The fraction of sp³-hybridized carbons (Fsp3) is 0.567. The summed E-state index contributed by atoms with van der Waals surface area (Å²) < 4.78 is 5.32. The van der Waals surface area contributed by atoms with Crippen LogP contribution in [0.5, 0.6) is 5.75 Å². The maximum atomic E-state index is 13.8. The van der Waals surface area contributed by atoms with Crippen LogP contribution in [-0.4, -0.2) is 60.6 Å². The van der Waals surface area contributed by atoms with E-state index in [1.54, 1.807) is 7.11 Å². The topological polar surface area (TPSA) is 36.0 Å². The van der Waals surface area contributed by atoms with Crippen LogP contribution >= 0.6 is 0 Å². The Hall–Kier alpha value is -2.53. The number of benzene rings is 2. The van der Waals surface area contributed by atoms with Crippen molar-refractivity contribution in [3.63, 3.8) is 0 Å². The molecule has 0 unspecified atom stereocenters. The zero-order chi connectivity index (χ0) is 24.5. The molecule has 5 rings (SSSR count). The van der Waals surface area contributed by atoms with E-state index in [0.29, 0.717) is 6.54 Å². The predicted octanol–water partition coefficient (Wildman–Crippen LogP) is 5.89. The van der Waals surface area contributed by atoms with Crippen LogP contribution in [-0.2, 0) is 12.1 Å². The molecule has 1 saturated heterocycles. The highest BCUT2D eigenvalue weighted by Crippen LogP contribution is 2.49. The Morgan fingerprint density at radius 2 is 1.66 bits per heavy atom. The minimum atomic E-state index is -0.0540. The van der Waals surface area contributed by atoms with E-state index in [1.807, 2.05) is 12.1 Å². The van der Waals surface area contributed by atoms with Crippen LogP contribution in [0.1, 0.15) is 62.5 Å². The summed E-state index contributed by atoms with van der Waals surface area (Å²) >= 11 is 0. The van der Waals surface area contributed by atoms with Gasteiger partial charge in [-0.3, -0.25) is 4.90 Å². The van der Waals surface area contributed by atoms with Crippen molar-refractivity contribution in [3.05, 3.63) is 65.7 Å². The number of nitrogens with zero attached hydrogens (tertiary/aromatic N) is 3. The summed E-state index contributed by atoms with van der Waals surface area (Å²) in [6, 6.07) is 19.4. The van der Waals surface area contributed by atoms with Crippen LogP contribution in [0.4, 0.5) is 4.79 Å². The van der Waals surface area contributed by atoms with Gasteiger partial charge in [-0.25, -0.2) is 4.79 Å². The molecular formula is C30H41N3O2. The minimum absolute atomic E-state index is 0.0403. The molecule has 1 heterocycles. The molecule has 1 aliphatic heterocycles. The van der Waals surface area contributed by atoms with E-state index < -0.39 is 0 Å². The molecule has 0 aromatic heterocycles. The molecule has 5 heteroatoms. The molecule has 0 bridgehead atoms. The number of ether oxygens (including phenoxy) is 1. The van der Waals surface area contributed by atoms with Gasteiger partial charge in [-0.05, 0) is 75.4 Å². The van der Waals surface area contributed by atoms with Crippen LogP contribution < -0.4 is 4.74 Å². The van der Waals surface area contributed by atoms with Gasteiger partial charge in [0.05, 0.1) is 12.6 Å². The number of hydrogen-bond acceptors (Lipinski definition) is 3. The zero-order valence-electron chi connectivity index (χ0n) is 21.7. The smallest absolute Gasteiger partial charge is 0.320 e. The van der Waals surface area contributed by atoms with Gasteiger partial charge in [-0.2, -0.15) is 0 Å². The highest BCUT2D eigenvalue weighted by molar-refractivity contribution is 5.78. The first kappa shape index (κ1) is 24.2. The quantitative estimate of drug-likeness (QED) is 0.477. The molecule has 3 aliphatic rings. The summed E-state index contributed by atoms with van der Waals surface area (Å²) in [5.74, 6) is 1.66. The van der Waals surface area contributed by atoms with Gasteiger partial charge in [0.1, 0.15) is 5.75 Å². The van der Waals surface area contributed by atoms with Crippen molar-refractivity contribution < 1.29 is 9.53 Å². The number of methoxy groups -OCH3 is 1. The van der Waals surface area contributed by atoms with Gasteiger partial charge in [0.15, 0.2) is 0 Å². The number of amides is 2. The minimum Gasteiger partial charge on any atom is -0.497 e. The summed E-state index contributed by atoms with van der Waals surface area (Å²) in [6.45, 7) is 2.41. The number of carbonyl (C=O) groups excluding carboxylic acids is 1. The highest BCUT2D eigenvalue weighted by atomic mass is 16.5. The van der Waals surface area contributed by atoms with E-state index in [9.17, 15) is 4.79 Å². The van der Waals surface area contributed by atoms with Gasteiger partial charge in [-0.15, -0.1) is 0 Å². The van der Waals surface area contributed by atoms with Gasteiger partial charge in [0, 0.05) is 25.2 Å². The van der Waals surface area contributed by atoms with Crippen LogP contribution in [0.3, 0.4) is 0 Å². The SMILES string of the molecule is COc1ccc(CN2C[C@]3(CC[C@](c4ccccc4)(N(C)C)CC3)N(CCC3CCC3)C2=O)cc1. The van der Waals surface area contributed by atoms with E-state index in [1.165, 1.54) is 24.8 Å². The summed E-state index contributed by atoms with van der Waals surface area (Å²) in [6.07, 6.45) is 9.44. The average Bonchev–Trinajstić information content (AvgIpc) is 3.10. The van der Waals surface area contributed by atoms with Crippen molar-refractivity contribution in [2.24, 2.45) is 5.92 Å². The molecule has 0 N–H and O–H groups in total. The molecule has 2 amide bonds. The van der Waals surface area contributed by atoms with Crippen LogP contribution in [0.2, 0.25) is 0 Å². The molecule has 2 aromatic carbocycles. The molecule has 2 saturated carbocycles. The Labute approximate surface area is 211 Å². The highest BCUT2D eigenvalue weighted by Gasteiger charge is 2.54. The monoisotopic (exact) mass is 475 g/mol. The van der Waals surface area contributed by atoms with Crippen molar-refractivity contribution >= 4 is 6.03 Å². The average molecular weight is 476 g/mol. The van der Waals surface area contributed by atoms with E-state index >= 15 is 0 Å². The van der Waals surface area contributed by atoms with Gasteiger partial charge >= 0.3 is 6.03 Å². The second kappa shape index (κ2) is 9.85. The van der Waals surface area contributed by atoms with Crippen molar-refractivity contribution in [3.8, 4) is 5.75 Å². The van der Waals surface area contributed by atoms with E-state index in [4.69, 9.17) is 4.74 Å². The van der Waals surface area contributed by atoms with Crippen LogP contribution in [0.25, 0.3) is 0 Å². The van der Waals surface area contributed by atoms with Crippen molar-refractivity contribution in [2.45, 2.75) is 69.0 Å². The molecule has 3 fully saturated rings. The van der Waals surface area contributed by atoms with E-state index in [-0.39, 0.29) is 17.1 Å². The lowest BCUT2D eigenvalue weighted by Gasteiger charge is -2.51. The summed E-state index contributed by atoms with van der Waals surface area (Å²) in [7, 11) is 6.12. The Morgan fingerprint density at radius 3 is 2.23 bits per heavy atom. The van der Waals surface area contributed by atoms with Gasteiger partial charge in [-0.1, -0.05) is 61.7 Å². The Balaban J connectivity index is 1.37. The lowest BCUT2D eigenvalue weighted by atomic mass is 9.68. The second-order valence-electron chi connectivity index (χ2n) is 11.2. The molecular weight excluding hydrogens is 434 g/mol. The molecule has 0 radical (unpaired) electrons. The first-order valence-corrected chi connectivity index (χ1v) is 13.4. The zero-order valence-corrected chi connectivity index (χ0v) is 21.7. The lowest BCUT2D eigenvalue weighted by molar-refractivity contribution is 0.0219. The molecule has 188 valence electrons. The molecule has 35 heavy (non-hydrogen) atoms. The Morgan fingerprint density at radius 1 is 0.971 bits per heavy atom. The van der Waals surface area contributed by atoms with Crippen molar-refractivity contribution in [1.82, 2.24) is 14.7 Å². The molecule has 2 aliphatic carbocycles. The van der Waals surface area contributed by atoms with Gasteiger partial charge in [0.25, 0.3) is 0 Å². The van der Waals surface area contributed by atoms with Gasteiger partial charge in [0.2, 0.25) is 0 Å². The second-order valence-corrected chi connectivity index (χ2v) is 11.2. The van der Waals surface area contributed by atoms with E-state index in [2.05, 4.69) is 71.3 Å². The maximum absolute atomic E-state index is 13.8. The third-order valence-electron chi connectivity index (χ3n) is 9.25.